The predicted molar refractivity (Wildman–Crippen MR) is 72.6 cm³/mol. The summed E-state index contributed by atoms with van der Waals surface area (Å²) in [6.45, 7) is 6.48. The van der Waals surface area contributed by atoms with E-state index in [1.54, 1.807) is 13.8 Å². The molecule has 0 spiro atoms. The number of hydrogen-bond acceptors (Lipinski definition) is 1. The van der Waals surface area contributed by atoms with Gasteiger partial charge in [0, 0.05) is 12.5 Å². The Morgan fingerprint density at radius 1 is 1.39 bits per heavy atom. The summed E-state index contributed by atoms with van der Waals surface area (Å²) in [4.78, 5) is 0. The van der Waals surface area contributed by atoms with Gasteiger partial charge in [-0.25, -0.2) is 4.39 Å². The van der Waals surface area contributed by atoms with Gasteiger partial charge in [-0.15, -0.1) is 11.6 Å². The van der Waals surface area contributed by atoms with Crippen LogP contribution in [0.4, 0.5) is 4.39 Å². The van der Waals surface area contributed by atoms with Crippen LogP contribution < -0.4 is 0 Å². The van der Waals surface area contributed by atoms with Crippen molar-refractivity contribution in [2.24, 2.45) is 5.92 Å². The van der Waals surface area contributed by atoms with Gasteiger partial charge in [0.1, 0.15) is 5.82 Å². The SMILES string of the molecule is CCC1OCCC1C(Cl)c1cc(C)c(F)c(C)c1. The lowest BCUT2D eigenvalue weighted by Crippen LogP contribution is -2.19. The Balaban J connectivity index is 2.25. The Morgan fingerprint density at radius 3 is 2.56 bits per heavy atom. The lowest BCUT2D eigenvalue weighted by Gasteiger charge is -2.23. The van der Waals surface area contributed by atoms with Crippen molar-refractivity contribution in [1.29, 1.82) is 0 Å². The van der Waals surface area contributed by atoms with E-state index in [4.69, 9.17) is 16.3 Å². The third-order valence-electron chi connectivity index (χ3n) is 3.82. The van der Waals surface area contributed by atoms with Crippen LogP contribution in [0.1, 0.15) is 41.8 Å². The highest BCUT2D eigenvalue weighted by Gasteiger charge is 2.33. The van der Waals surface area contributed by atoms with E-state index in [1.807, 2.05) is 12.1 Å². The molecule has 0 saturated carbocycles. The second kappa shape index (κ2) is 5.58. The summed E-state index contributed by atoms with van der Waals surface area (Å²) in [5.74, 6) is 0.207. The normalized spacial score (nSPS) is 25.4. The van der Waals surface area contributed by atoms with Gasteiger partial charge in [-0.2, -0.15) is 0 Å². The zero-order valence-electron chi connectivity index (χ0n) is 11.2. The van der Waals surface area contributed by atoms with Crippen LogP contribution in [0.5, 0.6) is 0 Å². The molecule has 2 rings (SSSR count). The van der Waals surface area contributed by atoms with E-state index < -0.39 is 0 Å². The van der Waals surface area contributed by atoms with Crippen molar-refractivity contribution in [3.8, 4) is 0 Å². The van der Waals surface area contributed by atoms with Gasteiger partial charge in [-0.3, -0.25) is 0 Å². The van der Waals surface area contributed by atoms with E-state index in [0.717, 1.165) is 25.0 Å². The first-order chi connectivity index (χ1) is 8.54. The molecule has 0 amide bonds. The van der Waals surface area contributed by atoms with Crippen LogP contribution in [-0.2, 0) is 4.74 Å². The lowest BCUT2D eigenvalue weighted by molar-refractivity contribution is 0.0864. The number of rotatable bonds is 3. The molecule has 3 unspecified atom stereocenters. The van der Waals surface area contributed by atoms with E-state index in [1.165, 1.54) is 0 Å². The number of ether oxygens (including phenoxy) is 1. The minimum Gasteiger partial charge on any atom is -0.378 e. The van der Waals surface area contributed by atoms with Crippen LogP contribution in [0.2, 0.25) is 0 Å². The summed E-state index contributed by atoms with van der Waals surface area (Å²) >= 11 is 6.58. The molecule has 1 aromatic rings. The topological polar surface area (TPSA) is 9.23 Å². The zero-order valence-corrected chi connectivity index (χ0v) is 11.9. The van der Waals surface area contributed by atoms with Gasteiger partial charge >= 0.3 is 0 Å². The zero-order chi connectivity index (χ0) is 13.3. The van der Waals surface area contributed by atoms with Crippen LogP contribution in [0.3, 0.4) is 0 Å². The van der Waals surface area contributed by atoms with Crippen molar-refractivity contribution in [2.45, 2.75) is 45.1 Å². The fourth-order valence-corrected chi connectivity index (χ4v) is 3.22. The van der Waals surface area contributed by atoms with Crippen LogP contribution >= 0.6 is 11.6 Å². The van der Waals surface area contributed by atoms with Crippen LogP contribution in [0.15, 0.2) is 12.1 Å². The summed E-state index contributed by atoms with van der Waals surface area (Å²) in [6, 6.07) is 3.73. The van der Waals surface area contributed by atoms with E-state index in [2.05, 4.69) is 6.92 Å². The Morgan fingerprint density at radius 2 is 2.00 bits per heavy atom. The average Bonchev–Trinajstić information content (AvgIpc) is 2.82. The molecule has 0 aliphatic carbocycles. The van der Waals surface area contributed by atoms with Gasteiger partial charge in [-0.05, 0) is 43.4 Å². The van der Waals surface area contributed by atoms with Crippen molar-refractivity contribution in [3.63, 3.8) is 0 Å². The van der Waals surface area contributed by atoms with Gasteiger partial charge in [-0.1, -0.05) is 19.1 Å². The molecule has 1 fully saturated rings. The van der Waals surface area contributed by atoms with Crippen molar-refractivity contribution in [2.75, 3.05) is 6.61 Å². The van der Waals surface area contributed by atoms with Gasteiger partial charge in [0.05, 0.1) is 11.5 Å². The Bertz CT molecular complexity index is 409. The number of benzene rings is 1. The minimum atomic E-state index is -0.127. The predicted octanol–water partition coefficient (Wildman–Crippen LogP) is 4.54. The fraction of sp³-hybridized carbons (Fsp3) is 0.600. The highest BCUT2D eigenvalue weighted by molar-refractivity contribution is 6.21. The fourth-order valence-electron chi connectivity index (χ4n) is 2.81. The van der Waals surface area contributed by atoms with Crippen LogP contribution in [0, 0.1) is 25.6 Å². The number of alkyl halides is 1. The molecule has 100 valence electrons. The molecule has 1 aliphatic heterocycles. The summed E-state index contributed by atoms with van der Waals surface area (Å²) in [6.07, 6.45) is 2.20. The first kappa shape index (κ1) is 13.8. The molecule has 0 aromatic heterocycles. The summed E-state index contributed by atoms with van der Waals surface area (Å²) < 4.78 is 19.3. The highest BCUT2D eigenvalue weighted by Crippen LogP contribution is 2.39. The van der Waals surface area contributed by atoms with Gasteiger partial charge in [0.25, 0.3) is 0 Å². The molecule has 18 heavy (non-hydrogen) atoms. The molecule has 1 aliphatic rings. The maximum absolute atomic E-state index is 13.6. The number of halogens is 2. The number of aryl methyl sites for hydroxylation is 2. The van der Waals surface area contributed by atoms with E-state index >= 15 is 0 Å². The maximum Gasteiger partial charge on any atom is 0.129 e. The van der Waals surface area contributed by atoms with Gasteiger partial charge < -0.3 is 4.74 Å². The third-order valence-corrected chi connectivity index (χ3v) is 4.39. The molecule has 0 N–H and O–H groups in total. The van der Waals surface area contributed by atoms with Crippen molar-refractivity contribution >= 4 is 11.6 Å². The molecule has 1 saturated heterocycles. The molecule has 0 radical (unpaired) electrons. The molecule has 1 aromatic carbocycles. The van der Waals surface area contributed by atoms with E-state index in [9.17, 15) is 4.39 Å². The maximum atomic E-state index is 13.6. The summed E-state index contributed by atoms with van der Waals surface area (Å²) in [5.41, 5.74) is 2.35. The smallest absolute Gasteiger partial charge is 0.129 e. The van der Waals surface area contributed by atoms with Gasteiger partial charge in [0.2, 0.25) is 0 Å². The first-order valence-corrected chi connectivity index (χ1v) is 7.00. The van der Waals surface area contributed by atoms with Crippen molar-refractivity contribution in [3.05, 3.63) is 34.6 Å². The summed E-state index contributed by atoms with van der Waals surface area (Å²) in [5, 5.41) is -0.0875. The molecular weight excluding hydrogens is 251 g/mol. The Labute approximate surface area is 113 Å². The van der Waals surface area contributed by atoms with Crippen LogP contribution in [0.25, 0.3) is 0 Å². The molecule has 1 heterocycles. The van der Waals surface area contributed by atoms with Crippen LogP contribution in [-0.4, -0.2) is 12.7 Å². The van der Waals surface area contributed by atoms with Crippen molar-refractivity contribution in [1.82, 2.24) is 0 Å². The minimum absolute atomic E-state index is 0.0875. The number of hydrogen-bond donors (Lipinski definition) is 0. The molecule has 1 nitrogen and oxygen atoms in total. The summed E-state index contributed by atoms with van der Waals surface area (Å²) in [7, 11) is 0. The van der Waals surface area contributed by atoms with Crippen molar-refractivity contribution < 1.29 is 9.13 Å². The largest absolute Gasteiger partial charge is 0.378 e. The Kier molecular flexibility index (Phi) is 4.29. The molecule has 0 bridgehead atoms. The average molecular weight is 271 g/mol. The van der Waals surface area contributed by atoms with E-state index in [0.29, 0.717) is 17.0 Å². The molecular formula is C15H20ClFO. The Hall–Kier alpha value is -0.600. The monoisotopic (exact) mass is 270 g/mol. The second-order valence-corrected chi connectivity index (χ2v) is 5.61. The third kappa shape index (κ3) is 2.55. The lowest BCUT2D eigenvalue weighted by atomic mass is 9.90. The quantitative estimate of drug-likeness (QED) is 0.733. The van der Waals surface area contributed by atoms with Gasteiger partial charge in [0.15, 0.2) is 0 Å². The van der Waals surface area contributed by atoms with E-state index in [-0.39, 0.29) is 17.3 Å². The first-order valence-electron chi connectivity index (χ1n) is 6.57. The molecule has 3 heteroatoms. The standard InChI is InChI=1S/C15H20ClFO/c1-4-13-12(5-6-18-13)14(16)11-7-9(2)15(17)10(3)8-11/h7-8,12-14H,4-6H2,1-3H3. The second-order valence-electron chi connectivity index (χ2n) is 5.14. The molecule has 3 atom stereocenters. The highest BCUT2D eigenvalue weighted by atomic mass is 35.5.